The minimum atomic E-state index is -1.93. The van der Waals surface area contributed by atoms with Gasteiger partial charge in [0.2, 0.25) is 0 Å². The second-order valence-corrected chi connectivity index (χ2v) is 19.5. The van der Waals surface area contributed by atoms with Crippen LogP contribution in [0.4, 0.5) is 0 Å². The predicted octanol–water partition coefficient (Wildman–Crippen LogP) is 15.6. The van der Waals surface area contributed by atoms with Crippen LogP contribution in [-0.2, 0) is 42.9 Å². The molecule has 12 nitrogen and oxygen atoms in total. The van der Waals surface area contributed by atoms with Crippen molar-refractivity contribution in [1.29, 1.82) is 0 Å². The van der Waals surface area contributed by atoms with Crippen molar-refractivity contribution >= 4 is 23.9 Å². The molecule has 0 aliphatic carbocycles. The van der Waals surface area contributed by atoms with Crippen LogP contribution in [0, 0.1) is 0 Å². The Morgan fingerprint density at radius 2 is 0.759 bits per heavy atom. The van der Waals surface area contributed by atoms with E-state index in [1.165, 1.54) is 0 Å². The lowest BCUT2D eigenvalue weighted by molar-refractivity contribution is -0.301. The first-order valence-electron chi connectivity index (χ1n) is 29.8. The highest BCUT2D eigenvalue weighted by atomic mass is 16.7. The Hall–Kier alpha value is -5.40. The van der Waals surface area contributed by atoms with Gasteiger partial charge in [-0.15, -0.1) is 0 Å². The van der Waals surface area contributed by atoms with Crippen LogP contribution in [0.25, 0.3) is 0 Å². The van der Waals surface area contributed by atoms with E-state index in [1.807, 2.05) is 0 Å². The van der Waals surface area contributed by atoms with E-state index in [2.05, 4.69) is 167 Å². The molecule has 79 heavy (non-hydrogen) atoms. The molecule has 0 saturated carbocycles. The Labute approximate surface area is 476 Å². The number of carboxylic acids is 1. The molecule has 1 saturated heterocycles. The second kappa shape index (κ2) is 53.3. The lowest BCUT2D eigenvalue weighted by Crippen LogP contribution is -2.61. The second-order valence-electron chi connectivity index (χ2n) is 19.5. The summed E-state index contributed by atoms with van der Waals surface area (Å²) in [6, 6.07) is 0. The molecule has 0 spiro atoms. The maximum atomic E-state index is 13.2. The van der Waals surface area contributed by atoms with Crippen molar-refractivity contribution in [1.82, 2.24) is 0 Å². The van der Waals surface area contributed by atoms with E-state index in [0.717, 1.165) is 135 Å². The van der Waals surface area contributed by atoms with Crippen molar-refractivity contribution in [3.8, 4) is 0 Å². The number of hydrogen-bond acceptors (Lipinski definition) is 11. The highest BCUT2D eigenvalue weighted by molar-refractivity contribution is 5.74. The summed E-state index contributed by atoms with van der Waals surface area (Å²) in [5.41, 5.74) is 0. The van der Waals surface area contributed by atoms with Crippen LogP contribution in [-0.4, -0.2) is 89.2 Å². The molecule has 0 bridgehead atoms. The van der Waals surface area contributed by atoms with Crippen LogP contribution >= 0.6 is 0 Å². The number of unbranched alkanes of at least 4 members (excludes halogenated alkanes) is 10. The zero-order valence-corrected chi connectivity index (χ0v) is 48.5. The molecule has 442 valence electrons. The molecule has 12 heteroatoms. The Morgan fingerprint density at radius 1 is 0.418 bits per heavy atom. The molecule has 6 unspecified atom stereocenters. The Kier molecular flexibility index (Phi) is 48.3. The van der Waals surface area contributed by atoms with Crippen molar-refractivity contribution in [2.75, 3.05) is 13.2 Å². The number of carboxylic acid groups (broad SMARTS) is 1. The monoisotopic (exact) mass is 1100 g/mol. The molecule has 1 rings (SSSR count). The average molecular weight is 1100 g/mol. The van der Waals surface area contributed by atoms with E-state index in [4.69, 9.17) is 23.7 Å². The molecule has 0 aromatic rings. The average Bonchev–Trinajstić information content (AvgIpc) is 3.46. The minimum absolute atomic E-state index is 0.00597. The third-order valence-corrected chi connectivity index (χ3v) is 12.4. The summed E-state index contributed by atoms with van der Waals surface area (Å²) in [6.45, 7) is 5.57. The number of aliphatic carboxylic acids is 1. The predicted molar refractivity (Wildman–Crippen MR) is 321 cm³/mol. The van der Waals surface area contributed by atoms with E-state index in [1.54, 1.807) is 0 Å². The summed E-state index contributed by atoms with van der Waals surface area (Å²) in [5, 5.41) is 31.5. The molecular formula is C67H102O12. The highest BCUT2D eigenvalue weighted by Gasteiger charge is 2.50. The van der Waals surface area contributed by atoms with Crippen LogP contribution in [0.1, 0.15) is 201 Å². The number of carbonyl (C=O) groups excluding carboxylic acids is 3. The van der Waals surface area contributed by atoms with Crippen LogP contribution in [0.3, 0.4) is 0 Å². The van der Waals surface area contributed by atoms with Gasteiger partial charge in [-0.25, -0.2) is 4.79 Å². The largest absolute Gasteiger partial charge is 0.479 e. The Morgan fingerprint density at radius 3 is 1.19 bits per heavy atom. The minimum Gasteiger partial charge on any atom is -0.479 e. The molecule has 1 heterocycles. The van der Waals surface area contributed by atoms with Gasteiger partial charge in [-0.1, -0.05) is 192 Å². The Bertz CT molecular complexity index is 1930. The SMILES string of the molecule is CC/C=C\C/C=C\C/C=C\C/C=C\C/C=C\CCCCCC(=O)OCC(COC1OC(C(=O)O)C(O)C(O)C1OC(=O)CCCC/C=C\C/C=C\C/C=C\C/C=C\CC)OC(=O)CCCCCCC/C=C\C/C=C\C/C=C\CC. The number of aliphatic hydroxyl groups is 2. The molecule has 0 amide bonds. The molecule has 1 aliphatic heterocycles. The number of esters is 3. The summed E-state index contributed by atoms with van der Waals surface area (Å²) < 4.78 is 28.3. The van der Waals surface area contributed by atoms with Crippen molar-refractivity contribution in [2.24, 2.45) is 0 Å². The summed E-state index contributed by atoms with van der Waals surface area (Å²) in [4.78, 5) is 51.2. The van der Waals surface area contributed by atoms with Crippen molar-refractivity contribution in [2.45, 2.75) is 237 Å². The van der Waals surface area contributed by atoms with Crippen molar-refractivity contribution in [3.05, 3.63) is 146 Å². The maximum absolute atomic E-state index is 13.2. The maximum Gasteiger partial charge on any atom is 0.335 e. The third kappa shape index (κ3) is 43.1. The first-order valence-corrected chi connectivity index (χ1v) is 29.8. The molecule has 0 radical (unpaired) electrons. The fraction of sp³-hybridized carbons (Fsp3) is 0.582. The molecule has 1 aliphatic rings. The van der Waals surface area contributed by atoms with Crippen LogP contribution in [0.2, 0.25) is 0 Å². The standard InChI is InChI=1S/C67H102O12/c1-4-7-10-13-16-19-22-25-28-29-30-31-34-35-38-41-44-47-50-53-59(68)75-56-58(77-60(69)54-51-48-45-42-39-36-32-26-23-20-17-14-11-8-5-2)57-76-67-65(63(72)62(71)64(79-67)66(73)74)78-61(70)55-52-49-46-43-40-37-33-27-24-21-18-15-12-9-6-3/h7-12,16-21,25-28,30-33,35,38,40,43,58,62-65,67,71-72H,4-6,13-15,22-24,29,34,36-37,39,41-42,44-57H2,1-3H3,(H,73,74)/b10-7-,11-8-,12-9-,19-16-,20-17-,21-18-,28-25-,31-30-,32-26-,33-27-,38-35-,43-40-. The summed E-state index contributed by atoms with van der Waals surface area (Å²) >= 11 is 0. The topological polar surface area (TPSA) is 175 Å². The van der Waals surface area contributed by atoms with E-state index in [9.17, 15) is 34.5 Å². The first kappa shape index (κ1) is 71.6. The van der Waals surface area contributed by atoms with Gasteiger partial charge in [-0.05, 0) is 135 Å². The van der Waals surface area contributed by atoms with Gasteiger partial charge in [0.1, 0.15) is 18.8 Å². The van der Waals surface area contributed by atoms with Gasteiger partial charge < -0.3 is 39.0 Å². The number of hydrogen-bond donors (Lipinski definition) is 3. The molecule has 3 N–H and O–H groups in total. The van der Waals surface area contributed by atoms with Gasteiger partial charge in [-0.3, -0.25) is 14.4 Å². The zero-order valence-electron chi connectivity index (χ0n) is 48.5. The number of aliphatic hydroxyl groups excluding tert-OH is 2. The van der Waals surface area contributed by atoms with Crippen molar-refractivity contribution < 1.29 is 58.2 Å². The molecule has 0 aromatic heterocycles. The quantitative estimate of drug-likeness (QED) is 0.0228. The van der Waals surface area contributed by atoms with Gasteiger partial charge in [0, 0.05) is 19.3 Å². The Balaban J connectivity index is 2.76. The van der Waals surface area contributed by atoms with E-state index in [-0.39, 0.29) is 25.9 Å². The van der Waals surface area contributed by atoms with E-state index in [0.29, 0.717) is 25.7 Å². The molecular weight excluding hydrogens is 997 g/mol. The summed E-state index contributed by atoms with van der Waals surface area (Å²) in [6.07, 6.45) is 63.9. The summed E-state index contributed by atoms with van der Waals surface area (Å²) in [7, 11) is 0. The van der Waals surface area contributed by atoms with Crippen LogP contribution in [0.5, 0.6) is 0 Å². The molecule has 1 fully saturated rings. The van der Waals surface area contributed by atoms with E-state index < -0.39 is 67.3 Å². The lowest BCUT2D eigenvalue weighted by Gasteiger charge is -2.40. The molecule has 0 aromatic carbocycles. The van der Waals surface area contributed by atoms with Crippen molar-refractivity contribution in [3.63, 3.8) is 0 Å². The van der Waals surface area contributed by atoms with Crippen LogP contribution < -0.4 is 0 Å². The number of carbonyl (C=O) groups is 4. The zero-order chi connectivity index (χ0) is 57.5. The number of allylic oxidation sites excluding steroid dienone is 24. The van der Waals surface area contributed by atoms with Gasteiger partial charge in [0.15, 0.2) is 24.6 Å². The smallest absolute Gasteiger partial charge is 0.335 e. The molecule has 6 atom stereocenters. The van der Waals surface area contributed by atoms with Gasteiger partial charge in [-0.2, -0.15) is 0 Å². The van der Waals surface area contributed by atoms with Gasteiger partial charge >= 0.3 is 23.9 Å². The highest BCUT2D eigenvalue weighted by Crippen LogP contribution is 2.26. The number of ether oxygens (including phenoxy) is 5. The fourth-order valence-corrected chi connectivity index (χ4v) is 7.93. The number of rotatable bonds is 48. The normalized spacial score (nSPS) is 18.9. The fourth-order valence-electron chi connectivity index (χ4n) is 7.93. The van der Waals surface area contributed by atoms with E-state index >= 15 is 0 Å². The van der Waals surface area contributed by atoms with Crippen LogP contribution in [0.15, 0.2) is 146 Å². The summed E-state index contributed by atoms with van der Waals surface area (Å²) in [5.74, 6) is -3.27. The van der Waals surface area contributed by atoms with Gasteiger partial charge in [0.25, 0.3) is 0 Å². The lowest BCUT2D eigenvalue weighted by atomic mass is 9.98. The first-order chi connectivity index (χ1) is 38.6. The van der Waals surface area contributed by atoms with Gasteiger partial charge in [0.05, 0.1) is 6.61 Å². The third-order valence-electron chi connectivity index (χ3n) is 12.4.